The average molecular weight is 913 g/mol. The van der Waals surface area contributed by atoms with Crippen molar-refractivity contribution in [1.82, 2.24) is 0 Å². The summed E-state index contributed by atoms with van der Waals surface area (Å²) in [5.41, 5.74) is -0.659. The Morgan fingerprint density at radius 2 is 0.968 bits per heavy atom. The smallest absolute Gasteiger partial charge is 0.744 e. The fraction of sp³-hybridized carbons (Fsp3) is 0.0435. The van der Waals surface area contributed by atoms with Gasteiger partial charge >= 0.3 is 51.4 Å². The molecule has 7 rings (SSSR count). The Bertz CT molecular complexity index is 2990. The van der Waals surface area contributed by atoms with Gasteiger partial charge in [0.05, 0.1) is 18.2 Å². The van der Waals surface area contributed by atoms with Crippen LogP contribution in [0.3, 0.4) is 0 Å². The minimum atomic E-state index is -5.61. The van der Waals surface area contributed by atoms with Crippen LogP contribution in [0, 0.1) is 65.8 Å². The number of ether oxygens (including phenoxy) is 4. The molecule has 7 aromatic rings. The molecule has 0 atom stereocenters. The molecule has 0 aliphatic rings. The third kappa shape index (κ3) is 9.48. The zero-order chi connectivity index (χ0) is 44.6. The zero-order valence-electron chi connectivity index (χ0n) is 32.8. The third-order valence-corrected chi connectivity index (χ3v) is 10.2. The first-order valence-corrected chi connectivity index (χ1v) is 19.2. The minimum Gasteiger partial charge on any atom is -0.744 e. The van der Waals surface area contributed by atoms with Crippen molar-refractivity contribution in [3.8, 4) is 86.0 Å². The van der Waals surface area contributed by atoms with Crippen LogP contribution in [0.25, 0.3) is 33.4 Å². The van der Waals surface area contributed by atoms with Crippen molar-refractivity contribution >= 4 is 10.1 Å². The molecule has 63 heavy (non-hydrogen) atoms. The molecule has 0 aliphatic heterocycles. The number of benzene rings is 7. The molecule has 0 aromatic heterocycles. The predicted molar refractivity (Wildman–Crippen MR) is 209 cm³/mol. The topological polar surface area (TPSA) is 94.1 Å². The van der Waals surface area contributed by atoms with Crippen molar-refractivity contribution in [2.24, 2.45) is 0 Å². The molecule has 0 saturated carbocycles. The largest absolute Gasteiger partial charge is 1.00 e. The van der Waals surface area contributed by atoms with E-state index < -0.39 is 89.9 Å². The first-order chi connectivity index (χ1) is 29.5. The van der Waals surface area contributed by atoms with E-state index in [0.717, 1.165) is 11.6 Å². The van der Waals surface area contributed by atoms with Crippen LogP contribution in [0.5, 0.6) is 40.2 Å². The molecule has 314 valence electrons. The van der Waals surface area contributed by atoms with Crippen molar-refractivity contribution in [1.29, 1.82) is 0 Å². The van der Waals surface area contributed by atoms with Crippen LogP contribution in [0.2, 0.25) is 0 Å². The van der Waals surface area contributed by atoms with Crippen LogP contribution < -0.4 is 70.3 Å². The molecular weight excluding hydrogens is 888 g/mol. The summed E-state index contributed by atoms with van der Waals surface area (Å²) in [5, 5.41) is 0. The van der Waals surface area contributed by atoms with Gasteiger partial charge < -0.3 is 23.5 Å². The Morgan fingerprint density at radius 3 is 1.44 bits per heavy atom. The summed E-state index contributed by atoms with van der Waals surface area (Å²) in [7, 11) is -4.14. The summed E-state index contributed by atoms with van der Waals surface area (Å²) < 4.78 is 182. The van der Waals surface area contributed by atoms with Crippen LogP contribution in [-0.4, -0.2) is 20.1 Å². The Labute approximate surface area is 397 Å². The molecule has 0 saturated heterocycles. The van der Waals surface area contributed by atoms with Crippen LogP contribution >= 0.6 is 0 Å². The monoisotopic (exact) mass is 912 g/mol. The van der Waals surface area contributed by atoms with Crippen molar-refractivity contribution in [3.05, 3.63) is 167 Å². The number of terminal acetylenes is 1. The van der Waals surface area contributed by atoms with Gasteiger partial charge in [-0.3, -0.25) is 0 Å². The van der Waals surface area contributed by atoms with Crippen molar-refractivity contribution in [3.63, 3.8) is 0 Å². The van der Waals surface area contributed by atoms with Gasteiger partial charge in [0, 0.05) is 17.2 Å². The second-order valence-corrected chi connectivity index (χ2v) is 14.6. The van der Waals surface area contributed by atoms with Gasteiger partial charge in [-0.1, -0.05) is 53.9 Å². The van der Waals surface area contributed by atoms with Gasteiger partial charge in [0.1, 0.15) is 43.8 Å². The molecule has 0 radical (unpaired) electrons. The molecule has 0 N–H and O–H groups in total. The third-order valence-electron chi connectivity index (χ3n) is 9.32. The first kappa shape index (κ1) is 46.8. The van der Waals surface area contributed by atoms with E-state index in [4.69, 9.17) is 25.4 Å². The molecular formula is C46H25F8KO7S. The van der Waals surface area contributed by atoms with Crippen LogP contribution in [0.15, 0.2) is 114 Å². The van der Waals surface area contributed by atoms with E-state index in [1.54, 1.807) is 67.6 Å². The Kier molecular flexibility index (Phi) is 14.1. The molecule has 17 heteroatoms. The summed E-state index contributed by atoms with van der Waals surface area (Å²) in [6, 6.07) is 25.9. The van der Waals surface area contributed by atoms with Crippen molar-refractivity contribution in [2.75, 3.05) is 7.11 Å². The van der Waals surface area contributed by atoms with Crippen LogP contribution in [-0.2, 0) is 10.1 Å². The normalized spacial score (nSPS) is 11.1. The Morgan fingerprint density at radius 1 is 0.524 bits per heavy atom. The molecule has 0 heterocycles. The second-order valence-electron chi connectivity index (χ2n) is 13.3. The first-order valence-electron chi connectivity index (χ1n) is 17.8. The number of aryl methyl sites for hydroxylation is 1. The summed E-state index contributed by atoms with van der Waals surface area (Å²) in [6.07, 6.45) is 5.44. The number of methoxy groups -OCH3 is 1. The van der Waals surface area contributed by atoms with Crippen LogP contribution in [0.1, 0.15) is 11.1 Å². The fourth-order valence-electron chi connectivity index (χ4n) is 6.23. The van der Waals surface area contributed by atoms with Gasteiger partial charge in [0.25, 0.3) is 0 Å². The summed E-state index contributed by atoms with van der Waals surface area (Å²) in [6.45, 7) is 1.79. The molecule has 0 amide bonds. The van der Waals surface area contributed by atoms with Gasteiger partial charge in [-0.2, -0.15) is 17.6 Å². The van der Waals surface area contributed by atoms with E-state index in [1.165, 1.54) is 37.4 Å². The van der Waals surface area contributed by atoms with Crippen LogP contribution in [0.4, 0.5) is 35.1 Å². The average Bonchev–Trinajstić information content (AvgIpc) is 3.27. The molecule has 7 aromatic carbocycles. The fourth-order valence-corrected chi connectivity index (χ4v) is 6.85. The quantitative estimate of drug-likeness (QED) is 0.0420. The number of rotatable bonds is 11. The maximum atomic E-state index is 15.6. The van der Waals surface area contributed by atoms with Gasteiger partial charge in [0.15, 0.2) is 23.3 Å². The maximum absolute atomic E-state index is 15.6. The SMILES string of the molecule is C#Cc1ccc(-c2cc(C)ccc2Oc2ccc(Oc3c(F)c(F)c(-c4c(F)c(F)c(Oc5ccc(-c6ccc(OC)cc6)cc5)c(F)c4F)c(F)c3F)c(S(=O)(=O)[O-])c2)cc1.[K+]. The number of hydrogen-bond acceptors (Lipinski definition) is 7. The number of hydrogen-bond donors (Lipinski definition) is 0. The Hall–Kier alpha value is -5.71. The predicted octanol–water partition coefficient (Wildman–Crippen LogP) is 9.38. The summed E-state index contributed by atoms with van der Waals surface area (Å²) in [4.78, 5) is -1.32. The van der Waals surface area contributed by atoms with Gasteiger partial charge in [0.2, 0.25) is 34.8 Å². The standard InChI is InChI=1S/C46H26F8O7S.K/c1-4-24-6-8-27(9-7-24)31-21-23(2)5-19-32(31)59-30-18-20-33(34(22-30)62(55,56)57)61-46-43(53)39(49)36(40(50)44(46)54)35-37(47)41(51)45(42(52)38(35)48)60-29-16-12-26(13-17-29)25-10-14-28(58-3)15-11-25;/h1,5-22H,2-3H3,(H,55,56,57);/q;+1/p-1. The van der Waals surface area contributed by atoms with E-state index in [1.807, 2.05) is 0 Å². The Balaban J connectivity index is 0.00000661. The van der Waals surface area contributed by atoms with E-state index in [-0.39, 0.29) is 68.6 Å². The van der Waals surface area contributed by atoms with Crippen molar-refractivity contribution in [2.45, 2.75) is 11.8 Å². The van der Waals surface area contributed by atoms with Gasteiger partial charge in [-0.05, 0) is 84.3 Å². The molecule has 0 spiro atoms. The van der Waals surface area contributed by atoms with Gasteiger partial charge in [-0.25, -0.2) is 26.0 Å². The summed E-state index contributed by atoms with van der Waals surface area (Å²) >= 11 is 0. The minimum absolute atomic E-state index is 0. The molecule has 0 fully saturated rings. The van der Waals surface area contributed by atoms with E-state index >= 15 is 35.1 Å². The molecule has 0 unspecified atom stereocenters. The van der Waals surface area contributed by atoms with E-state index in [0.29, 0.717) is 45.7 Å². The second kappa shape index (κ2) is 18.9. The van der Waals surface area contributed by atoms with Crippen molar-refractivity contribution < 1.29 is 118 Å². The summed E-state index contributed by atoms with van der Waals surface area (Å²) in [5.74, 6) is -22.3. The molecule has 0 bridgehead atoms. The maximum Gasteiger partial charge on any atom is 1.00 e. The zero-order valence-corrected chi connectivity index (χ0v) is 36.7. The number of halogens is 8. The van der Waals surface area contributed by atoms with E-state index in [9.17, 15) is 13.0 Å². The van der Waals surface area contributed by atoms with E-state index in [2.05, 4.69) is 5.92 Å². The molecule has 0 aliphatic carbocycles. The molecule has 7 nitrogen and oxygen atoms in total. The van der Waals surface area contributed by atoms with Gasteiger partial charge in [-0.15, -0.1) is 6.42 Å².